The molecular weight excluding hydrogens is 602 g/mol. The number of aliphatic hydroxyl groups is 1. The Kier molecular flexibility index (Phi) is 22.7. The first-order valence-electron chi connectivity index (χ1n) is 14.4. The van der Waals surface area contributed by atoms with E-state index in [9.17, 15) is 33.9 Å². The third-order valence-electron chi connectivity index (χ3n) is 5.51. The topological polar surface area (TPSA) is 248 Å². The number of nitrogens with one attached hydrogen (secondary N) is 3. The fraction of sp³-hybridized carbons (Fsp3) is 0.778. The van der Waals surface area contributed by atoms with Crippen molar-refractivity contribution in [1.29, 1.82) is 0 Å². The molecule has 0 aliphatic rings. The smallest absolute Gasteiger partial charge is 0.308 e. The number of hydrogen-bond donors (Lipinski definition) is 6. The van der Waals surface area contributed by atoms with Crippen LogP contribution in [0.15, 0.2) is 0 Å². The Morgan fingerprint density at radius 1 is 0.818 bits per heavy atom. The molecule has 0 aromatic heterocycles. The molecule has 0 saturated carbocycles. The molecule has 0 aliphatic carbocycles. The molecule has 44 heavy (non-hydrogen) atoms. The molecule has 3 atom stereocenters. The van der Waals surface area contributed by atoms with Crippen LogP contribution >= 0.6 is 11.8 Å². The van der Waals surface area contributed by atoms with Crippen molar-refractivity contribution >= 4 is 47.3 Å². The van der Waals surface area contributed by atoms with Crippen LogP contribution in [-0.4, -0.2) is 123 Å². The van der Waals surface area contributed by atoms with Gasteiger partial charge in [0.1, 0.15) is 12.1 Å². The average molecular weight is 652 g/mol. The number of ether oxygens (including phenoxy) is 4. The summed E-state index contributed by atoms with van der Waals surface area (Å²) in [6.45, 7) is 6.79. The third-order valence-corrected chi connectivity index (χ3v) is 6.72. The third kappa shape index (κ3) is 20.8. The number of carbonyl (C=O) groups is 6. The Bertz CT molecular complexity index is 907. The van der Waals surface area contributed by atoms with E-state index in [1.54, 1.807) is 27.7 Å². The lowest BCUT2D eigenvalue weighted by Gasteiger charge is -2.21. The van der Waals surface area contributed by atoms with Crippen LogP contribution in [0, 0.1) is 11.8 Å². The summed E-state index contributed by atoms with van der Waals surface area (Å²) in [5, 5.41) is 16.9. The van der Waals surface area contributed by atoms with E-state index in [1.807, 2.05) is 0 Å². The fourth-order valence-electron chi connectivity index (χ4n) is 2.94. The number of thioether (sulfide) groups is 1. The zero-order valence-corrected chi connectivity index (χ0v) is 26.8. The van der Waals surface area contributed by atoms with Gasteiger partial charge in [-0.25, -0.2) is 0 Å². The Hall–Kier alpha value is -2.99. The predicted molar refractivity (Wildman–Crippen MR) is 161 cm³/mol. The number of nitrogens with two attached hydrogens (primary N) is 2. The van der Waals surface area contributed by atoms with Crippen LogP contribution in [0.1, 0.15) is 40.5 Å². The fourth-order valence-corrected chi connectivity index (χ4v) is 3.98. The molecular formula is C27H49N5O11S. The van der Waals surface area contributed by atoms with E-state index in [-0.39, 0.29) is 88.4 Å². The van der Waals surface area contributed by atoms with Crippen molar-refractivity contribution in [2.45, 2.75) is 58.7 Å². The van der Waals surface area contributed by atoms with E-state index in [2.05, 4.69) is 16.0 Å². The van der Waals surface area contributed by atoms with Crippen molar-refractivity contribution < 1.29 is 52.8 Å². The molecule has 0 unspecified atom stereocenters. The first-order chi connectivity index (χ1) is 20.8. The molecule has 8 N–H and O–H groups in total. The van der Waals surface area contributed by atoms with Gasteiger partial charge in [0.2, 0.25) is 23.6 Å². The average Bonchev–Trinajstić information content (AvgIpc) is 2.96. The van der Waals surface area contributed by atoms with Gasteiger partial charge in [-0.3, -0.25) is 28.8 Å². The summed E-state index contributed by atoms with van der Waals surface area (Å²) in [6, 6.07) is -2.24. The van der Waals surface area contributed by atoms with E-state index in [1.165, 1.54) is 11.8 Å². The van der Waals surface area contributed by atoms with Crippen LogP contribution in [-0.2, 0) is 47.7 Å². The van der Waals surface area contributed by atoms with Gasteiger partial charge in [0, 0.05) is 30.9 Å². The second-order valence-corrected chi connectivity index (χ2v) is 11.3. The second-order valence-electron chi connectivity index (χ2n) is 10.2. The van der Waals surface area contributed by atoms with Gasteiger partial charge in [-0.05, 0) is 0 Å². The van der Waals surface area contributed by atoms with Gasteiger partial charge in [-0.15, -0.1) is 0 Å². The quantitative estimate of drug-likeness (QED) is 0.0455. The van der Waals surface area contributed by atoms with Gasteiger partial charge in [-0.1, -0.05) is 27.7 Å². The number of carbonyl (C=O) groups excluding carboxylic acids is 6. The van der Waals surface area contributed by atoms with Gasteiger partial charge in [0.25, 0.3) is 0 Å². The molecule has 0 fully saturated rings. The molecule has 4 amide bonds. The van der Waals surface area contributed by atoms with E-state index >= 15 is 0 Å². The molecule has 0 rings (SSSR count). The summed E-state index contributed by atoms with van der Waals surface area (Å²) in [6.07, 6.45) is -0.214. The normalized spacial score (nSPS) is 13.1. The maximum atomic E-state index is 12.5. The van der Waals surface area contributed by atoms with Crippen molar-refractivity contribution in [3.8, 4) is 0 Å². The van der Waals surface area contributed by atoms with Crippen molar-refractivity contribution in [3.63, 3.8) is 0 Å². The highest BCUT2D eigenvalue weighted by molar-refractivity contribution is 7.99. The largest absolute Gasteiger partial charge is 0.465 e. The van der Waals surface area contributed by atoms with Crippen LogP contribution in [0.3, 0.4) is 0 Å². The monoisotopic (exact) mass is 651 g/mol. The van der Waals surface area contributed by atoms with Crippen LogP contribution in [0.4, 0.5) is 0 Å². The van der Waals surface area contributed by atoms with Crippen LogP contribution in [0.5, 0.6) is 0 Å². The van der Waals surface area contributed by atoms with Crippen molar-refractivity contribution in [2.24, 2.45) is 23.3 Å². The van der Waals surface area contributed by atoms with Crippen molar-refractivity contribution in [3.05, 3.63) is 0 Å². The highest BCUT2D eigenvalue weighted by Gasteiger charge is 2.24. The summed E-state index contributed by atoms with van der Waals surface area (Å²) in [7, 11) is 0. The van der Waals surface area contributed by atoms with Crippen LogP contribution < -0.4 is 27.4 Å². The van der Waals surface area contributed by atoms with Gasteiger partial charge >= 0.3 is 11.9 Å². The minimum atomic E-state index is -1.22. The minimum Gasteiger partial charge on any atom is -0.465 e. The lowest BCUT2D eigenvalue weighted by Crippen LogP contribution is -2.54. The molecule has 17 heteroatoms. The lowest BCUT2D eigenvalue weighted by atomic mass is 10.2. The molecule has 0 saturated heterocycles. The maximum Gasteiger partial charge on any atom is 0.308 e. The summed E-state index contributed by atoms with van der Waals surface area (Å²) >= 11 is 1.26. The van der Waals surface area contributed by atoms with E-state index in [4.69, 9.17) is 30.4 Å². The Labute approximate surface area is 262 Å². The minimum absolute atomic E-state index is 0.0609. The molecule has 0 radical (unpaired) electrons. The van der Waals surface area contributed by atoms with E-state index in [0.29, 0.717) is 5.75 Å². The molecule has 0 heterocycles. The van der Waals surface area contributed by atoms with Crippen LogP contribution in [0.2, 0.25) is 0 Å². The number of esters is 2. The SMILES string of the molecule is CC(C)C(=O)OCC[C@H](CSC[C@H](N)C(=O)N[C@@H](CO)C(=O)NCCOCCOCCC(=O)NCC(N)=O)OC(=O)C(C)C. The molecule has 0 aliphatic heterocycles. The molecule has 0 aromatic rings. The molecule has 0 spiro atoms. The van der Waals surface area contributed by atoms with Gasteiger partial charge in [-0.2, -0.15) is 11.8 Å². The summed E-state index contributed by atoms with van der Waals surface area (Å²) in [4.78, 5) is 70.6. The van der Waals surface area contributed by atoms with Crippen LogP contribution in [0.25, 0.3) is 0 Å². The Morgan fingerprint density at radius 2 is 1.45 bits per heavy atom. The predicted octanol–water partition coefficient (Wildman–Crippen LogP) is -2.18. The number of primary amides is 1. The number of hydrogen-bond acceptors (Lipinski definition) is 13. The highest BCUT2D eigenvalue weighted by Crippen LogP contribution is 2.13. The molecule has 0 bridgehead atoms. The van der Waals surface area contributed by atoms with Gasteiger partial charge < -0.3 is 51.5 Å². The second kappa shape index (κ2) is 24.3. The van der Waals surface area contributed by atoms with Crippen molar-refractivity contribution in [2.75, 3.05) is 64.2 Å². The van der Waals surface area contributed by atoms with Crippen molar-refractivity contribution in [1.82, 2.24) is 16.0 Å². The van der Waals surface area contributed by atoms with Gasteiger partial charge in [0.05, 0.1) is 64.1 Å². The van der Waals surface area contributed by atoms with E-state index < -0.39 is 48.5 Å². The Morgan fingerprint density at radius 3 is 2.05 bits per heavy atom. The molecule has 0 aromatic carbocycles. The lowest BCUT2D eigenvalue weighted by molar-refractivity contribution is -0.154. The summed E-state index contributed by atoms with van der Waals surface area (Å²) < 4.78 is 21.2. The number of aliphatic hydroxyl groups excluding tert-OH is 1. The molecule has 16 nitrogen and oxygen atoms in total. The zero-order valence-electron chi connectivity index (χ0n) is 26.0. The number of rotatable bonds is 25. The van der Waals surface area contributed by atoms with E-state index in [0.717, 1.165) is 0 Å². The summed E-state index contributed by atoms with van der Waals surface area (Å²) in [5.74, 6) is -3.21. The molecule has 254 valence electrons. The Balaban J connectivity index is 4.35. The first-order valence-corrected chi connectivity index (χ1v) is 15.5. The number of amides is 4. The standard InChI is InChI=1S/C27H49N5O11S/c1-17(2)26(38)42-9-5-19(43-27(39)18(3)4)15-44-16-20(28)24(36)32-21(14-33)25(37)30-7-10-41-12-11-40-8-6-23(35)31-13-22(29)34/h17-21,33H,5-16,28H2,1-4H3,(H2,29,34)(H,30,37)(H,31,35)(H,32,36)/t19-,20+,21+/m1/s1. The maximum absolute atomic E-state index is 12.5. The highest BCUT2D eigenvalue weighted by atomic mass is 32.2. The van der Waals surface area contributed by atoms with Gasteiger partial charge in [0.15, 0.2) is 0 Å². The zero-order chi connectivity index (χ0) is 33.5. The summed E-state index contributed by atoms with van der Waals surface area (Å²) in [5.41, 5.74) is 10.9. The first kappa shape index (κ1) is 41.0.